The molecular weight excluding hydrogens is 164 g/mol. The van der Waals surface area contributed by atoms with E-state index in [4.69, 9.17) is 4.74 Å². The van der Waals surface area contributed by atoms with Gasteiger partial charge >= 0.3 is 0 Å². The molecule has 0 spiro atoms. The molecule has 2 heterocycles. The van der Waals surface area contributed by atoms with Crippen LogP contribution in [-0.2, 0) is 18.0 Å². The lowest BCUT2D eigenvalue weighted by Gasteiger charge is -1.95. The monoisotopic (exact) mass is 174 g/mol. The molecule has 2 aromatic rings. The Kier molecular flexibility index (Phi) is 1.27. The molecule has 13 heavy (non-hydrogen) atoms. The molecule has 66 valence electrons. The number of fused-ring (bicyclic) bond motifs is 3. The molecule has 0 bridgehead atoms. The first-order valence-electron chi connectivity index (χ1n) is 4.39. The standard InChI is InChI=1S/C10H10N2O/c1-6-11-9-3-2-7-4-13-5-8(7)10(9)12-6/h2-3H,4-5H2,1H3,(H,11,12). The number of aromatic amines is 1. The van der Waals surface area contributed by atoms with Gasteiger partial charge in [0.15, 0.2) is 0 Å². The normalized spacial score (nSPS) is 15.2. The van der Waals surface area contributed by atoms with E-state index in [1.807, 2.05) is 6.92 Å². The predicted octanol–water partition coefficient (Wildman–Crippen LogP) is 1.90. The smallest absolute Gasteiger partial charge is 0.104 e. The van der Waals surface area contributed by atoms with Gasteiger partial charge in [-0.05, 0) is 18.6 Å². The zero-order chi connectivity index (χ0) is 8.84. The maximum absolute atomic E-state index is 5.38. The molecule has 3 nitrogen and oxygen atoms in total. The van der Waals surface area contributed by atoms with Crippen LogP contribution in [0.3, 0.4) is 0 Å². The molecule has 0 saturated heterocycles. The number of aromatic nitrogens is 2. The summed E-state index contributed by atoms with van der Waals surface area (Å²) in [5.74, 6) is 0.968. The lowest BCUT2D eigenvalue weighted by atomic mass is 10.1. The van der Waals surface area contributed by atoms with Crippen molar-refractivity contribution in [1.29, 1.82) is 0 Å². The highest BCUT2D eigenvalue weighted by Gasteiger charge is 2.15. The highest BCUT2D eigenvalue weighted by molar-refractivity contribution is 5.80. The summed E-state index contributed by atoms with van der Waals surface area (Å²) in [4.78, 5) is 7.67. The third kappa shape index (κ3) is 0.906. The molecule has 0 fully saturated rings. The van der Waals surface area contributed by atoms with Gasteiger partial charge in [-0.2, -0.15) is 0 Å². The molecule has 0 unspecified atom stereocenters. The predicted molar refractivity (Wildman–Crippen MR) is 49.3 cm³/mol. The summed E-state index contributed by atoms with van der Waals surface area (Å²) in [6.45, 7) is 3.41. The zero-order valence-corrected chi connectivity index (χ0v) is 7.42. The van der Waals surface area contributed by atoms with Gasteiger partial charge in [-0.25, -0.2) is 4.98 Å². The second-order valence-corrected chi connectivity index (χ2v) is 3.41. The number of hydrogen-bond donors (Lipinski definition) is 1. The van der Waals surface area contributed by atoms with E-state index in [0.717, 1.165) is 23.5 Å². The number of H-pyrrole nitrogens is 1. The summed E-state index contributed by atoms with van der Waals surface area (Å²) in [5, 5.41) is 0. The third-order valence-electron chi connectivity index (χ3n) is 2.48. The lowest BCUT2D eigenvalue weighted by molar-refractivity contribution is 0.135. The van der Waals surface area contributed by atoms with E-state index in [1.54, 1.807) is 0 Å². The Morgan fingerprint density at radius 1 is 1.38 bits per heavy atom. The van der Waals surface area contributed by atoms with Crippen molar-refractivity contribution < 1.29 is 4.74 Å². The SMILES string of the molecule is Cc1nc2c3c(ccc2[nH]1)COC3. The number of imidazole rings is 1. The van der Waals surface area contributed by atoms with Gasteiger partial charge in [-0.1, -0.05) is 6.07 Å². The molecule has 0 radical (unpaired) electrons. The van der Waals surface area contributed by atoms with E-state index < -0.39 is 0 Å². The topological polar surface area (TPSA) is 37.9 Å². The highest BCUT2D eigenvalue weighted by atomic mass is 16.5. The molecule has 1 N–H and O–H groups in total. The molecule has 0 amide bonds. The van der Waals surface area contributed by atoms with Crippen LogP contribution in [0, 0.1) is 6.92 Å². The molecule has 1 aliphatic heterocycles. The van der Waals surface area contributed by atoms with Crippen molar-refractivity contribution in [3.63, 3.8) is 0 Å². The molecule has 1 aromatic carbocycles. The maximum Gasteiger partial charge on any atom is 0.104 e. The van der Waals surface area contributed by atoms with Gasteiger partial charge < -0.3 is 9.72 Å². The van der Waals surface area contributed by atoms with Crippen LogP contribution < -0.4 is 0 Å². The summed E-state index contributed by atoms with van der Waals surface area (Å²) in [5.41, 5.74) is 4.72. The number of aryl methyl sites for hydroxylation is 1. The Hall–Kier alpha value is -1.35. The summed E-state index contributed by atoms with van der Waals surface area (Å²) in [6.07, 6.45) is 0. The quantitative estimate of drug-likeness (QED) is 0.662. The molecular formula is C10H10N2O. The minimum Gasteiger partial charge on any atom is -0.372 e. The largest absolute Gasteiger partial charge is 0.372 e. The van der Waals surface area contributed by atoms with Gasteiger partial charge in [-0.3, -0.25) is 0 Å². The Morgan fingerprint density at radius 2 is 2.31 bits per heavy atom. The summed E-state index contributed by atoms with van der Waals surface area (Å²) < 4.78 is 5.38. The van der Waals surface area contributed by atoms with Crippen LogP contribution in [0.4, 0.5) is 0 Å². The van der Waals surface area contributed by atoms with Crippen LogP contribution >= 0.6 is 0 Å². The van der Waals surface area contributed by atoms with Crippen molar-refractivity contribution in [1.82, 2.24) is 9.97 Å². The Morgan fingerprint density at radius 3 is 3.23 bits per heavy atom. The van der Waals surface area contributed by atoms with Gasteiger partial charge in [-0.15, -0.1) is 0 Å². The van der Waals surface area contributed by atoms with Gasteiger partial charge in [0.25, 0.3) is 0 Å². The highest BCUT2D eigenvalue weighted by Crippen LogP contribution is 2.26. The fourth-order valence-corrected chi connectivity index (χ4v) is 1.86. The minimum atomic E-state index is 0.705. The van der Waals surface area contributed by atoms with Crippen LogP contribution in [-0.4, -0.2) is 9.97 Å². The average Bonchev–Trinajstić information content (AvgIpc) is 2.65. The fraction of sp³-hybridized carbons (Fsp3) is 0.300. The van der Waals surface area contributed by atoms with E-state index >= 15 is 0 Å². The van der Waals surface area contributed by atoms with Crippen LogP contribution in [0.2, 0.25) is 0 Å². The molecule has 0 atom stereocenters. The van der Waals surface area contributed by atoms with Gasteiger partial charge in [0.1, 0.15) is 5.82 Å². The molecule has 0 saturated carbocycles. The van der Waals surface area contributed by atoms with E-state index in [0.29, 0.717) is 6.61 Å². The van der Waals surface area contributed by atoms with Crippen molar-refractivity contribution in [3.8, 4) is 0 Å². The van der Waals surface area contributed by atoms with E-state index in [2.05, 4.69) is 22.1 Å². The first-order valence-corrected chi connectivity index (χ1v) is 4.39. The fourth-order valence-electron chi connectivity index (χ4n) is 1.86. The van der Waals surface area contributed by atoms with Crippen molar-refractivity contribution >= 4 is 11.0 Å². The molecule has 3 rings (SSSR count). The average molecular weight is 174 g/mol. The third-order valence-corrected chi connectivity index (χ3v) is 2.48. The number of ether oxygens (including phenoxy) is 1. The van der Waals surface area contributed by atoms with E-state index in [1.165, 1.54) is 11.1 Å². The van der Waals surface area contributed by atoms with Crippen molar-refractivity contribution in [3.05, 3.63) is 29.1 Å². The van der Waals surface area contributed by atoms with Crippen LogP contribution in [0.15, 0.2) is 12.1 Å². The van der Waals surface area contributed by atoms with Gasteiger partial charge in [0.05, 0.1) is 24.2 Å². The first kappa shape index (κ1) is 7.09. The maximum atomic E-state index is 5.38. The number of rotatable bonds is 0. The Bertz CT molecular complexity index is 473. The summed E-state index contributed by atoms with van der Waals surface area (Å²) >= 11 is 0. The van der Waals surface area contributed by atoms with Crippen molar-refractivity contribution in [2.75, 3.05) is 0 Å². The Balaban J connectivity index is 2.42. The summed E-state index contributed by atoms with van der Waals surface area (Å²) in [6, 6.07) is 4.19. The second kappa shape index (κ2) is 2.33. The number of benzene rings is 1. The van der Waals surface area contributed by atoms with Gasteiger partial charge in [0.2, 0.25) is 0 Å². The molecule has 3 heteroatoms. The number of nitrogens with zero attached hydrogens (tertiary/aromatic N) is 1. The van der Waals surface area contributed by atoms with Crippen LogP contribution in [0.5, 0.6) is 0 Å². The van der Waals surface area contributed by atoms with Crippen LogP contribution in [0.25, 0.3) is 11.0 Å². The minimum absolute atomic E-state index is 0.705. The Labute approximate surface area is 75.7 Å². The first-order chi connectivity index (χ1) is 6.34. The van der Waals surface area contributed by atoms with E-state index in [9.17, 15) is 0 Å². The van der Waals surface area contributed by atoms with Crippen LogP contribution in [0.1, 0.15) is 17.0 Å². The second-order valence-electron chi connectivity index (χ2n) is 3.41. The van der Waals surface area contributed by atoms with E-state index in [-0.39, 0.29) is 0 Å². The number of hydrogen-bond acceptors (Lipinski definition) is 2. The molecule has 1 aromatic heterocycles. The zero-order valence-electron chi connectivity index (χ0n) is 7.42. The van der Waals surface area contributed by atoms with Crippen molar-refractivity contribution in [2.45, 2.75) is 20.1 Å². The summed E-state index contributed by atoms with van der Waals surface area (Å²) in [7, 11) is 0. The lowest BCUT2D eigenvalue weighted by Crippen LogP contribution is -1.83. The van der Waals surface area contributed by atoms with Crippen molar-refractivity contribution in [2.24, 2.45) is 0 Å². The van der Waals surface area contributed by atoms with Gasteiger partial charge in [0, 0.05) is 5.56 Å². The molecule has 1 aliphatic rings. The number of nitrogens with one attached hydrogen (secondary N) is 1. The molecule has 0 aliphatic carbocycles.